The number of hydrogen-bond donors (Lipinski definition) is 1. The molecule has 0 amide bonds. The lowest BCUT2D eigenvalue weighted by Gasteiger charge is -2.13. The van der Waals surface area contributed by atoms with Crippen LogP contribution in [0.15, 0.2) is 42.5 Å². The number of rotatable bonds is 3. The molecule has 0 saturated heterocycles. The summed E-state index contributed by atoms with van der Waals surface area (Å²) in [5.41, 5.74) is 5.73. The number of carbonyl (C=O) groups is 1. The number of fused-ring (bicyclic) bond motifs is 1. The maximum absolute atomic E-state index is 11.8. The second-order valence-corrected chi connectivity index (χ2v) is 5.84. The van der Waals surface area contributed by atoms with E-state index in [4.69, 9.17) is 4.98 Å². The molecule has 3 heteroatoms. The van der Waals surface area contributed by atoms with Crippen LogP contribution in [0.25, 0.3) is 22.2 Å². The Hall–Kier alpha value is -2.68. The summed E-state index contributed by atoms with van der Waals surface area (Å²) in [6.45, 7) is 5.90. The Morgan fingerprint density at radius 2 is 1.78 bits per heavy atom. The van der Waals surface area contributed by atoms with Gasteiger partial charge in [-0.2, -0.15) is 0 Å². The van der Waals surface area contributed by atoms with E-state index in [1.807, 2.05) is 44.2 Å². The minimum Gasteiger partial charge on any atom is -0.478 e. The van der Waals surface area contributed by atoms with Gasteiger partial charge in [-0.3, -0.25) is 0 Å². The van der Waals surface area contributed by atoms with Crippen molar-refractivity contribution in [1.82, 2.24) is 4.98 Å². The summed E-state index contributed by atoms with van der Waals surface area (Å²) in [5, 5.41) is 10.4. The number of aromatic carboxylic acids is 1. The average Bonchev–Trinajstić information content (AvgIpc) is 2.54. The monoisotopic (exact) mass is 305 g/mol. The number of pyridine rings is 1. The molecular formula is C20H19NO2. The van der Waals surface area contributed by atoms with Gasteiger partial charge in [0, 0.05) is 10.9 Å². The third-order valence-electron chi connectivity index (χ3n) is 4.23. The molecule has 0 aliphatic heterocycles. The second kappa shape index (κ2) is 5.84. The molecule has 3 nitrogen and oxygen atoms in total. The van der Waals surface area contributed by atoms with E-state index < -0.39 is 5.97 Å². The van der Waals surface area contributed by atoms with E-state index >= 15 is 0 Å². The molecule has 0 atom stereocenters. The van der Waals surface area contributed by atoms with Crippen LogP contribution in [0.1, 0.15) is 34.0 Å². The Bertz CT molecular complexity index is 896. The fraction of sp³-hybridized carbons (Fsp3) is 0.200. The maximum atomic E-state index is 11.8. The molecule has 3 aromatic rings. The van der Waals surface area contributed by atoms with Gasteiger partial charge in [0.2, 0.25) is 0 Å². The molecule has 0 aliphatic rings. The third kappa shape index (κ3) is 2.70. The van der Waals surface area contributed by atoms with Gasteiger partial charge in [0.15, 0.2) is 0 Å². The molecule has 1 heterocycles. The van der Waals surface area contributed by atoms with Crippen LogP contribution >= 0.6 is 0 Å². The summed E-state index contributed by atoms with van der Waals surface area (Å²) in [5.74, 6) is -0.910. The fourth-order valence-electron chi connectivity index (χ4n) is 2.93. The van der Waals surface area contributed by atoms with Crippen molar-refractivity contribution in [2.24, 2.45) is 0 Å². The number of hydrogen-bond acceptors (Lipinski definition) is 2. The van der Waals surface area contributed by atoms with Gasteiger partial charge in [-0.05, 0) is 43.5 Å². The number of aryl methyl sites for hydroxylation is 2. The first-order chi connectivity index (χ1) is 11.0. The quantitative estimate of drug-likeness (QED) is 0.757. The Morgan fingerprint density at radius 1 is 1.09 bits per heavy atom. The van der Waals surface area contributed by atoms with Crippen LogP contribution in [-0.2, 0) is 6.42 Å². The van der Waals surface area contributed by atoms with Gasteiger partial charge in [0.1, 0.15) is 0 Å². The van der Waals surface area contributed by atoms with Gasteiger partial charge < -0.3 is 5.11 Å². The van der Waals surface area contributed by atoms with Crippen molar-refractivity contribution < 1.29 is 9.90 Å². The fourth-order valence-corrected chi connectivity index (χ4v) is 2.93. The van der Waals surface area contributed by atoms with Gasteiger partial charge in [-0.15, -0.1) is 0 Å². The maximum Gasteiger partial charge on any atom is 0.336 e. The highest BCUT2D eigenvalue weighted by atomic mass is 16.4. The number of carboxylic acids is 1. The highest BCUT2D eigenvalue weighted by Crippen LogP contribution is 2.30. The summed E-state index contributed by atoms with van der Waals surface area (Å²) >= 11 is 0. The van der Waals surface area contributed by atoms with Crippen LogP contribution in [0.2, 0.25) is 0 Å². The first-order valence-electron chi connectivity index (χ1n) is 7.75. The van der Waals surface area contributed by atoms with Crippen LogP contribution < -0.4 is 0 Å². The zero-order valence-corrected chi connectivity index (χ0v) is 13.6. The van der Waals surface area contributed by atoms with Crippen molar-refractivity contribution in [2.75, 3.05) is 0 Å². The molecule has 3 rings (SSSR count). The Labute approximate surface area is 135 Å². The van der Waals surface area contributed by atoms with Gasteiger partial charge in [-0.1, -0.05) is 42.8 Å². The van der Waals surface area contributed by atoms with Gasteiger partial charge in [0.25, 0.3) is 0 Å². The number of benzene rings is 2. The molecule has 0 spiro atoms. The van der Waals surface area contributed by atoms with E-state index in [9.17, 15) is 9.90 Å². The smallest absolute Gasteiger partial charge is 0.336 e. The standard InChI is InChI=1S/C20H19NO2/c1-4-14-6-8-15(9-7-14)19-13(3)18(20(22)23)16-11-12(2)5-10-17(16)21-19/h5-11H,4H2,1-3H3,(H,22,23). The number of aromatic nitrogens is 1. The zero-order valence-electron chi connectivity index (χ0n) is 13.6. The van der Waals surface area contributed by atoms with Gasteiger partial charge >= 0.3 is 5.97 Å². The first-order valence-corrected chi connectivity index (χ1v) is 7.75. The van der Waals surface area contributed by atoms with Crippen LogP contribution in [-0.4, -0.2) is 16.1 Å². The van der Waals surface area contributed by atoms with E-state index in [-0.39, 0.29) is 0 Å². The normalized spacial score (nSPS) is 10.9. The molecule has 0 bridgehead atoms. The van der Waals surface area contributed by atoms with Crippen molar-refractivity contribution in [3.05, 3.63) is 64.7 Å². The lowest BCUT2D eigenvalue weighted by atomic mass is 9.96. The predicted molar refractivity (Wildman–Crippen MR) is 93.0 cm³/mol. The largest absolute Gasteiger partial charge is 0.478 e. The van der Waals surface area contributed by atoms with E-state index in [1.165, 1.54) is 5.56 Å². The third-order valence-corrected chi connectivity index (χ3v) is 4.23. The molecule has 0 fully saturated rings. The Morgan fingerprint density at radius 3 is 2.39 bits per heavy atom. The molecule has 0 radical (unpaired) electrons. The molecule has 116 valence electrons. The van der Waals surface area contributed by atoms with E-state index in [0.717, 1.165) is 23.2 Å². The van der Waals surface area contributed by atoms with Crippen molar-refractivity contribution in [1.29, 1.82) is 0 Å². The molecule has 0 saturated carbocycles. The molecule has 23 heavy (non-hydrogen) atoms. The van der Waals surface area contributed by atoms with Gasteiger partial charge in [-0.25, -0.2) is 9.78 Å². The summed E-state index contributed by atoms with van der Waals surface area (Å²) in [4.78, 5) is 16.5. The number of carboxylic acid groups (broad SMARTS) is 1. The van der Waals surface area contributed by atoms with E-state index in [1.54, 1.807) is 0 Å². The summed E-state index contributed by atoms with van der Waals surface area (Å²) in [7, 11) is 0. The first kappa shape index (κ1) is 15.2. The van der Waals surface area contributed by atoms with Gasteiger partial charge in [0.05, 0.1) is 16.8 Å². The molecule has 1 aromatic heterocycles. The van der Waals surface area contributed by atoms with Crippen LogP contribution in [0, 0.1) is 13.8 Å². The SMILES string of the molecule is CCc1ccc(-c2nc3ccc(C)cc3c(C(=O)O)c2C)cc1. The minimum atomic E-state index is -0.910. The van der Waals surface area contributed by atoms with E-state index in [2.05, 4.69) is 19.1 Å². The predicted octanol–water partition coefficient (Wildman–Crippen LogP) is 4.78. The second-order valence-electron chi connectivity index (χ2n) is 5.84. The average molecular weight is 305 g/mol. The Kier molecular flexibility index (Phi) is 3.87. The van der Waals surface area contributed by atoms with Crippen molar-refractivity contribution in [2.45, 2.75) is 27.2 Å². The van der Waals surface area contributed by atoms with Crippen molar-refractivity contribution in [3.8, 4) is 11.3 Å². The highest BCUT2D eigenvalue weighted by molar-refractivity contribution is 6.05. The molecule has 1 N–H and O–H groups in total. The lowest BCUT2D eigenvalue weighted by Crippen LogP contribution is -2.05. The summed E-state index contributed by atoms with van der Waals surface area (Å²) < 4.78 is 0. The van der Waals surface area contributed by atoms with Crippen LogP contribution in [0.5, 0.6) is 0 Å². The summed E-state index contributed by atoms with van der Waals surface area (Å²) in [6, 6.07) is 13.9. The molecule has 2 aromatic carbocycles. The summed E-state index contributed by atoms with van der Waals surface area (Å²) in [6.07, 6.45) is 0.976. The van der Waals surface area contributed by atoms with Crippen molar-refractivity contribution in [3.63, 3.8) is 0 Å². The van der Waals surface area contributed by atoms with E-state index in [0.29, 0.717) is 22.0 Å². The molecular weight excluding hydrogens is 286 g/mol. The van der Waals surface area contributed by atoms with Crippen LogP contribution in [0.3, 0.4) is 0 Å². The zero-order chi connectivity index (χ0) is 16.6. The molecule has 0 aliphatic carbocycles. The molecule has 0 unspecified atom stereocenters. The lowest BCUT2D eigenvalue weighted by molar-refractivity contribution is 0.0698. The number of nitrogens with zero attached hydrogens (tertiary/aromatic N) is 1. The minimum absolute atomic E-state index is 0.341. The van der Waals surface area contributed by atoms with Crippen molar-refractivity contribution >= 4 is 16.9 Å². The Balaban J connectivity index is 2.30. The topological polar surface area (TPSA) is 50.2 Å². The van der Waals surface area contributed by atoms with Crippen LogP contribution in [0.4, 0.5) is 0 Å². The highest BCUT2D eigenvalue weighted by Gasteiger charge is 2.18.